The highest BCUT2D eigenvalue weighted by molar-refractivity contribution is 5.58. The smallest absolute Gasteiger partial charge is 0.429 e. The van der Waals surface area contributed by atoms with Gasteiger partial charge in [0.25, 0.3) is 0 Å². The summed E-state index contributed by atoms with van der Waals surface area (Å²) in [6, 6.07) is 0. The molecule has 0 spiro atoms. The van der Waals surface area contributed by atoms with Crippen molar-refractivity contribution < 1.29 is 29.5 Å². The lowest BCUT2D eigenvalue weighted by Gasteiger charge is -2.07. The first-order valence-corrected chi connectivity index (χ1v) is 2.86. The molecule has 0 saturated heterocycles. The molecule has 1 atom stereocenters. The van der Waals surface area contributed by atoms with Crippen LogP contribution in [0.1, 0.15) is 0 Å². The molecule has 0 bridgehead atoms. The number of carbonyl (C=O) groups is 1. The molecular formula is C5H10O6. The second kappa shape index (κ2) is 5.90. The second-order valence-electron chi connectivity index (χ2n) is 1.76. The van der Waals surface area contributed by atoms with E-state index in [1.165, 1.54) is 7.11 Å². The number of aliphatic hydroxyl groups is 1. The van der Waals surface area contributed by atoms with Crippen LogP contribution < -0.4 is 0 Å². The fraction of sp³-hybridized carbons (Fsp3) is 0.800. The molecule has 0 saturated carbocycles. The first-order chi connectivity index (χ1) is 5.20. The van der Waals surface area contributed by atoms with Crippen molar-refractivity contribution in [2.45, 2.75) is 6.10 Å². The first kappa shape index (κ1) is 10.2. The fourth-order valence-corrected chi connectivity index (χ4v) is 0.431. The SMILES string of the molecule is COCC(O)COC(=O)OO. The summed E-state index contributed by atoms with van der Waals surface area (Å²) >= 11 is 0. The highest BCUT2D eigenvalue weighted by Crippen LogP contribution is 1.88. The van der Waals surface area contributed by atoms with E-state index in [4.69, 9.17) is 10.4 Å². The van der Waals surface area contributed by atoms with Crippen LogP contribution in [0.3, 0.4) is 0 Å². The van der Waals surface area contributed by atoms with Crippen LogP contribution in [0.25, 0.3) is 0 Å². The zero-order chi connectivity index (χ0) is 8.69. The van der Waals surface area contributed by atoms with Crippen molar-refractivity contribution >= 4 is 6.16 Å². The van der Waals surface area contributed by atoms with Crippen LogP contribution in [-0.2, 0) is 14.4 Å². The standard InChI is InChI=1S/C5H10O6/c1-9-2-4(6)3-10-5(7)11-8/h4,6,8H,2-3H2,1H3. The predicted molar refractivity (Wildman–Crippen MR) is 32.9 cm³/mol. The number of hydrogen-bond acceptors (Lipinski definition) is 6. The van der Waals surface area contributed by atoms with Crippen LogP contribution in [0.5, 0.6) is 0 Å². The second-order valence-corrected chi connectivity index (χ2v) is 1.76. The van der Waals surface area contributed by atoms with Crippen molar-refractivity contribution in [3.8, 4) is 0 Å². The topological polar surface area (TPSA) is 85.2 Å². The van der Waals surface area contributed by atoms with Crippen molar-refractivity contribution in [1.29, 1.82) is 0 Å². The van der Waals surface area contributed by atoms with Gasteiger partial charge < -0.3 is 14.6 Å². The quantitative estimate of drug-likeness (QED) is 0.336. The molecule has 0 aliphatic heterocycles. The summed E-state index contributed by atoms with van der Waals surface area (Å²) in [5, 5.41) is 16.5. The van der Waals surface area contributed by atoms with Crippen LogP contribution in [0.4, 0.5) is 4.79 Å². The lowest BCUT2D eigenvalue weighted by molar-refractivity contribution is -0.203. The maximum atomic E-state index is 10.1. The summed E-state index contributed by atoms with van der Waals surface area (Å²) in [7, 11) is 1.40. The molecule has 2 N–H and O–H groups in total. The Kier molecular flexibility index (Phi) is 5.44. The lowest BCUT2D eigenvalue weighted by Crippen LogP contribution is -2.23. The summed E-state index contributed by atoms with van der Waals surface area (Å²) in [6.07, 6.45) is -2.15. The van der Waals surface area contributed by atoms with E-state index < -0.39 is 12.3 Å². The average molecular weight is 166 g/mol. The van der Waals surface area contributed by atoms with Crippen molar-refractivity contribution in [2.24, 2.45) is 0 Å². The molecule has 11 heavy (non-hydrogen) atoms. The van der Waals surface area contributed by atoms with Crippen molar-refractivity contribution in [3.05, 3.63) is 0 Å². The number of aliphatic hydroxyl groups excluding tert-OH is 1. The van der Waals surface area contributed by atoms with Gasteiger partial charge in [-0.25, -0.2) is 4.79 Å². The summed E-state index contributed by atoms with van der Waals surface area (Å²) in [5.74, 6) is 0. The summed E-state index contributed by atoms with van der Waals surface area (Å²) < 4.78 is 8.69. The number of ether oxygens (including phenoxy) is 2. The maximum Gasteiger partial charge on any atom is 0.540 e. The van der Waals surface area contributed by atoms with E-state index in [0.29, 0.717) is 0 Å². The van der Waals surface area contributed by atoms with Gasteiger partial charge in [-0.05, 0) is 0 Å². The molecule has 0 heterocycles. The molecule has 0 aromatic carbocycles. The van der Waals surface area contributed by atoms with Crippen molar-refractivity contribution in [3.63, 3.8) is 0 Å². The van der Waals surface area contributed by atoms with E-state index in [2.05, 4.69) is 14.4 Å². The van der Waals surface area contributed by atoms with E-state index in [1.54, 1.807) is 0 Å². The van der Waals surface area contributed by atoms with Gasteiger partial charge in [-0.2, -0.15) is 5.26 Å². The molecule has 0 rings (SSSR count). The van der Waals surface area contributed by atoms with Crippen molar-refractivity contribution in [1.82, 2.24) is 0 Å². The number of methoxy groups -OCH3 is 1. The average Bonchev–Trinajstić information content (AvgIpc) is 2.01. The molecule has 0 radical (unpaired) electrons. The van der Waals surface area contributed by atoms with Crippen molar-refractivity contribution in [2.75, 3.05) is 20.3 Å². The highest BCUT2D eigenvalue weighted by Gasteiger charge is 2.08. The van der Waals surface area contributed by atoms with E-state index in [0.717, 1.165) is 0 Å². The minimum absolute atomic E-state index is 0.0543. The normalized spacial score (nSPS) is 12.3. The Labute approximate surface area is 63.2 Å². The molecule has 0 aromatic heterocycles. The Balaban J connectivity index is 3.29. The third-order valence-electron chi connectivity index (χ3n) is 0.827. The summed E-state index contributed by atoms with van der Waals surface area (Å²) in [4.78, 5) is 13.2. The van der Waals surface area contributed by atoms with Crippen LogP contribution >= 0.6 is 0 Å². The Morgan fingerprint density at radius 2 is 2.18 bits per heavy atom. The third kappa shape index (κ3) is 5.59. The van der Waals surface area contributed by atoms with E-state index in [1.807, 2.05) is 0 Å². The van der Waals surface area contributed by atoms with Gasteiger partial charge in [0.1, 0.15) is 12.7 Å². The molecule has 0 aromatic rings. The van der Waals surface area contributed by atoms with Gasteiger partial charge in [-0.1, -0.05) is 0 Å². The Bertz CT molecular complexity index is 114. The summed E-state index contributed by atoms with van der Waals surface area (Å²) in [6.45, 7) is -0.216. The molecule has 0 fully saturated rings. The molecule has 66 valence electrons. The van der Waals surface area contributed by atoms with Crippen LogP contribution in [0.2, 0.25) is 0 Å². The monoisotopic (exact) mass is 166 g/mol. The van der Waals surface area contributed by atoms with Gasteiger partial charge >= 0.3 is 6.16 Å². The minimum atomic E-state index is -1.25. The maximum absolute atomic E-state index is 10.1. The molecule has 0 aliphatic rings. The molecule has 1 unspecified atom stereocenters. The van der Waals surface area contributed by atoms with Crippen LogP contribution in [0, 0.1) is 0 Å². The Morgan fingerprint density at radius 3 is 2.64 bits per heavy atom. The zero-order valence-corrected chi connectivity index (χ0v) is 6.02. The van der Waals surface area contributed by atoms with Crippen LogP contribution in [-0.4, -0.2) is 42.9 Å². The molecule has 0 aliphatic carbocycles. The number of hydrogen-bond donors (Lipinski definition) is 2. The predicted octanol–water partition coefficient (Wildman–Crippen LogP) is -0.380. The molecule has 0 amide bonds. The molecular weight excluding hydrogens is 156 g/mol. The number of carbonyl (C=O) groups excluding carboxylic acids is 1. The van der Waals surface area contributed by atoms with Gasteiger partial charge in [0.2, 0.25) is 0 Å². The highest BCUT2D eigenvalue weighted by atomic mass is 17.1. The van der Waals surface area contributed by atoms with E-state index in [9.17, 15) is 4.79 Å². The third-order valence-corrected chi connectivity index (χ3v) is 0.827. The fourth-order valence-electron chi connectivity index (χ4n) is 0.431. The van der Waals surface area contributed by atoms with Gasteiger partial charge in [0.15, 0.2) is 0 Å². The molecule has 6 nitrogen and oxygen atoms in total. The van der Waals surface area contributed by atoms with E-state index >= 15 is 0 Å². The lowest BCUT2D eigenvalue weighted by atomic mass is 10.4. The molecule has 6 heteroatoms. The van der Waals surface area contributed by atoms with Gasteiger partial charge in [-0.3, -0.25) is 4.89 Å². The summed E-state index contributed by atoms with van der Waals surface area (Å²) in [5.41, 5.74) is 0. The minimum Gasteiger partial charge on any atom is -0.429 e. The van der Waals surface area contributed by atoms with E-state index in [-0.39, 0.29) is 13.2 Å². The largest absolute Gasteiger partial charge is 0.540 e. The van der Waals surface area contributed by atoms with Gasteiger partial charge in [0, 0.05) is 7.11 Å². The Hall–Kier alpha value is -0.850. The van der Waals surface area contributed by atoms with Gasteiger partial charge in [0.05, 0.1) is 6.61 Å². The van der Waals surface area contributed by atoms with Crippen LogP contribution in [0.15, 0.2) is 0 Å². The zero-order valence-electron chi connectivity index (χ0n) is 6.02. The van der Waals surface area contributed by atoms with Gasteiger partial charge in [-0.15, -0.1) is 0 Å². The number of rotatable bonds is 4. The first-order valence-electron chi connectivity index (χ1n) is 2.86. The Morgan fingerprint density at radius 1 is 1.55 bits per heavy atom.